The van der Waals surface area contributed by atoms with Gasteiger partial charge in [0.1, 0.15) is 5.75 Å². The maximum absolute atomic E-state index is 13.3. The Hall–Kier alpha value is -2.67. The first kappa shape index (κ1) is 24.0. The van der Waals surface area contributed by atoms with E-state index in [4.69, 9.17) is 4.74 Å². The molecule has 0 saturated heterocycles. The van der Waals surface area contributed by atoms with Crippen LogP contribution in [0, 0.1) is 10.1 Å². The van der Waals surface area contributed by atoms with Gasteiger partial charge in [-0.25, -0.2) is 8.42 Å². The first-order valence-corrected chi connectivity index (χ1v) is 11.7. The lowest BCUT2D eigenvalue weighted by Crippen LogP contribution is -2.33. The van der Waals surface area contributed by atoms with Crippen LogP contribution in [-0.2, 0) is 16.3 Å². The van der Waals surface area contributed by atoms with E-state index in [1.165, 1.54) is 12.1 Å². The van der Waals surface area contributed by atoms with E-state index in [0.717, 1.165) is 36.3 Å². The summed E-state index contributed by atoms with van der Waals surface area (Å²) in [7, 11) is -3.78. The highest BCUT2D eigenvalue weighted by Gasteiger charge is 2.39. The fraction of sp³-hybridized carbons (Fsp3) is 0.316. The Morgan fingerprint density at radius 3 is 2.50 bits per heavy atom. The zero-order chi connectivity index (χ0) is 24.0. The molecule has 1 aliphatic rings. The standard InChI is InChI=1S/C19H16BrF3N2O6S/c1-10(19(21,22)23)31-17-4-3-12(32(2,29)30)8-13(17)18(26)24-6-5-11-7-14(20)16(25(27)28)9-15(11)24/h3-4,7-10H,5-6H2,1-2H3/t10-/m0/s1. The van der Waals surface area contributed by atoms with Crippen LogP contribution in [0.3, 0.4) is 0 Å². The van der Waals surface area contributed by atoms with Crippen molar-refractivity contribution in [1.29, 1.82) is 0 Å². The monoisotopic (exact) mass is 536 g/mol. The normalized spacial score (nSPS) is 14.8. The number of carbonyl (C=O) groups is 1. The van der Waals surface area contributed by atoms with E-state index in [1.807, 2.05) is 0 Å². The van der Waals surface area contributed by atoms with Crippen LogP contribution in [0.25, 0.3) is 0 Å². The van der Waals surface area contributed by atoms with Gasteiger partial charge in [0.15, 0.2) is 15.9 Å². The van der Waals surface area contributed by atoms with Crippen LogP contribution in [-0.4, -0.2) is 44.3 Å². The highest BCUT2D eigenvalue weighted by atomic mass is 79.9. The average molecular weight is 537 g/mol. The van der Waals surface area contributed by atoms with Crippen molar-refractivity contribution in [2.75, 3.05) is 17.7 Å². The second-order valence-electron chi connectivity index (χ2n) is 7.13. The molecular weight excluding hydrogens is 521 g/mol. The molecule has 0 N–H and O–H groups in total. The Morgan fingerprint density at radius 2 is 1.94 bits per heavy atom. The second kappa shape index (κ2) is 8.35. The predicted molar refractivity (Wildman–Crippen MR) is 112 cm³/mol. The third-order valence-corrected chi connectivity index (χ3v) is 6.61. The number of rotatable bonds is 5. The fourth-order valence-electron chi connectivity index (χ4n) is 3.16. The molecule has 8 nitrogen and oxygen atoms in total. The summed E-state index contributed by atoms with van der Waals surface area (Å²) >= 11 is 3.10. The fourth-order valence-corrected chi connectivity index (χ4v) is 4.34. The molecule has 0 saturated carbocycles. The van der Waals surface area contributed by atoms with E-state index in [9.17, 15) is 36.5 Å². The number of fused-ring (bicyclic) bond motifs is 1. The highest BCUT2D eigenvalue weighted by molar-refractivity contribution is 9.10. The molecule has 1 heterocycles. The molecule has 0 radical (unpaired) electrons. The molecule has 0 fully saturated rings. The zero-order valence-electron chi connectivity index (χ0n) is 16.6. The van der Waals surface area contributed by atoms with Gasteiger partial charge in [0.05, 0.1) is 25.5 Å². The molecule has 0 spiro atoms. The first-order valence-electron chi connectivity index (χ1n) is 9.06. The van der Waals surface area contributed by atoms with E-state index in [-0.39, 0.29) is 27.3 Å². The molecule has 1 atom stereocenters. The number of hydrogen-bond donors (Lipinski definition) is 0. The molecular formula is C19H16BrF3N2O6S. The molecule has 13 heteroatoms. The molecule has 172 valence electrons. The number of ether oxygens (including phenoxy) is 1. The van der Waals surface area contributed by atoms with Crippen LogP contribution >= 0.6 is 15.9 Å². The zero-order valence-corrected chi connectivity index (χ0v) is 19.0. The van der Waals surface area contributed by atoms with E-state index >= 15 is 0 Å². The Labute approximate surface area is 189 Å². The number of sulfone groups is 1. The number of anilines is 1. The number of nitrogens with zero attached hydrogens (tertiary/aromatic N) is 2. The Morgan fingerprint density at radius 1 is 1.28 bits per heavy atom. The summed E-state index contributed by atoms with van der Waals surface area (Å²) in [6.45, 7) is 0.851. The molecule has 0 aromatic heterocycles. The lowest BCUT2D eigenvalue weighted by atomic mass is 10.1. The van der Waals surface area contributed by atoms with Crippen molar-refractivity contribution >= 4 is 43.0 Å². The van der Waals surface area contributed by atoms with Crippen LogP contribution < -0.4 is 9.64 Å². The predicted octanol–water partition coefficient (Wildman–Crippen LogP) is 4.29. The molecule has 1 amide bonds. The molecule has 0 unspecified atom stereocenters. The van der Waals surface area contributed by atoms with Crippen molar-refractivity contribution in [3.05, 3.63) is 56.0 Å². The minimum atomic E-state index is -4.72. The quantitative estimate of drug-likeness (QED) is 0.416. The van der Waals surface area contributed by atoms with Gasteiger partial charge >= 0.3 is 6.18 Å². The van der Waals surface area contributed by atoms with Gasteiger partial charge in [-0.05, 0) is 59.1 Å². The number of carbonyl (C=O) groups excluding carboxylic acids is 1. The molecule has 1 aliphatic heterocycles. The van der Waals surface area contributed by atoms with Gasteiger partial charge < -0.3 is 9.64 Å². The van der Waals surface area contributed by atoms with Crippen LogP contribution in [0.15, 0.2) is 39.7 Å². The second-order valence-corrected chi connectivity index (χ2v) is 10.00. The molecule has 0 bridgehead atoms. The Kier molecular flexibility index (Phi) is 6.26. The largest absolute Gasteiger partial charge is 0.480 e. The number of nitro groups is 1. The Bertz CT molecular complexity index is 1220. The van der Waals surface area contributed by atoms with Gasteiger partial charge in [-0.2, -0.15) is 13.2 Å². The van der Waals surface area contributed by atoms with Crippen molar-refractivity contribution < 1.29 is 36.0 Å². The number of alkyl halides is 3. The average Bonchev–Trinajstić information content (AvgIpc) is 3.07. The highest BCUT2D eigenvalue weighted by Crippen LogP contribution is 2.39. The molecule has 0 aliphatic carbocycles. The van der Waals surface area contributed by atoms with Crippen LogP contribution in [0.4, 0.5) is 24.5 Å². The third-order valence-electron chi connectivity index (χ3n) is 4.86. The van der Waals surface area contributed by atoms with Crippen molar-refractivity contribution in [2.24, 2.45) is 0 Å². The topological polar surface area (TPSA) is 107 Å². The molecule has 32 heavy (non-hydrogen) atoms. The SMILES string of the molecule is C[C@H](Oc1ccc(S(C)(=O)=O)cc1C(=O)N1CCc2cc(Br)c([N+](=O)[O-])cc21)C(F)(F)F. The smallest absolute Gasteiger partial charge is 0.425 e. The minimum absolute atomic E-state index is 0.0964. The third kappa shape index (κ3) is 4.72. The number of nitro benzene ring substituents is 1. The lowest BCUT2D eigenvalue weighted by Gasteiger charge is -2.23. The summed E-state index contributed by atoms with van der Waals surface area (Å²) in [5.41, 5.74) is 0.128. The summed E-state index contributed by atoms with van der Waals surface area (Å²) in [4.78, 5) is 24.8. The number of halogens is 4. The molecule has 2 aromatic carbocycles. The van der Waals surface area contributed by atoms with Gasteiger partial charge in [-0.15, -0.1) is 0 Å². The van der Waals surface area contributed by atoms with Gasteiger partial charge in [0.25, 0.3) is 11.6 Å². The molecule has 3 rings (SSSR count). The van der Waals surface area contributed by atoms with E-state index in [1.54, 1.807) is 0 Å². The Balaban J connectivity index is 2.10. The van der Waals surface area contributed by atoms with Crippen molar-refractivity contribution in [3.63, 3.8) is 0 Å². The molecule has 2 aromatic rings. The number of hydrogen-bond acceptors (Lipinski definition) is 6. The van der Waals surface area contributed by atoms with Crippen molar-refractivity contribution in [3.8, 4) is 5.75 Å². The van der Waals surface area contributed by atoms with Gasteiger partial charge in [-0.1, -0.05) is 0 Å². The van der Waals surface area contributed by atoms with Crippen molar-refractivity contribution in [1.82, 2.24) is 0 Å². The summed E-state index contributed by atoms with van der Waals surface area (Å²) in [6.07, 6.45) is -5.75. The number of amides is 1. The van der Waals surface area contributed by atoms with Crippen LogP contribution in [0.2, 0.25) is 0 Å². The van der Waals surface area contributed by atoms with E-state index < -0.39 is 44.3 Å². The van der Waals surface area contributed by atoms with Crippen LogP contribution in [0.1, 0.15) is 22.8 Å². The maximum atomic E-state index is 13.3. The van der Waals surface area contributed by atoms with Gasteiger partial charge in [0.2, 0.25) is 0 Å². The maximum Gasteiger partial charge on any atom is 0.425 e. The van der Waals surface area contributed by atoms with Crippen LogP contribution in [0.5, 0.6) is 5.75 Å². The summed E-state index contributed by atoms with van der Waals surface area (Å²) < 4.78 is 68.1. The summed E-state index contributed by atoms with van der Waals surface area (Å²) in [6, 6.07) is 5.67. The summed E-state index contributed by atoms with van der Waals surface area (Å²) in [5, 5.41) is 11.3. The van der Waals surface area contributed by atoms with Gasteiger partial charge in [0, 0.05) is 18.9 Å². The van der Waals surface area contributed by atoms with Gasteiger partial charge in [-0.3, -0.25) is 14.9 Å². The first-order chi connectivity index (χ1) is 14.7. The number of benzene rings is 2. The van der Waals surface area contributed by atoms with Crippen molar-refractivity contribution in [2.45, 2.75) is 30.5 Å². The van der Waals surface area contributed by atoms with E-state index in [0.29, 0.717) is 12.0 Å². The minimum Gasteiger partial charge on any atom is -0.480 e. The lowest BCUT2D eigenvalue weighted by molar-refractivity contribution is -0.385. The van der Waals surface area contributed by atoms with E-state index in [2.05, 4.69) is 15.9 Å². The summed E-state index contributed by atoms with van der Waals surface area (Å²) in [5.74, 6) is -1.29.